The summed E-state index contributed by atoms with van der Waals surface area (Å²) < 4.78 is 5.73. The third-order valence-corrected chi connectivity index (χ3v) is 3.61. The van der Waals surface area contributed by atoms with Gasteiger partial charge >= 0.3 is 5.97 Å². The predicted octanol–water partition coefficient (Wildman–Crippen LogP) is 2.25. The first-order valence-electron chi connectivity index (χ1n) is 7.56. The molecule has 0 aromatic carbocycles. The van der Waals surface area contributed by atoms with Crippen LogP contribution in [0.3, 0.4) is 0 Å². The number of ether oxygens (including phenoxy) is 1. The summed E-state index contributed by atoms with van der Waals surface area (Å²) in [6, 6.07) is -0.592. The van der Waals surface area contributed by atoms with Crippen molar-refractivity contribution in [3.63, 3.8) is 0 Å². The number of hydrogen-bond acceptors (Lipinski definition) is 5. The molecule has 2 rings (SSSR count). The first-order chi connectivity index (χ1) is 10.5. The monoisotopic (exact) mass is 321 g/mol. The second-order valence-electron chi connectivity index (χ2n) is 7.17. The molecule has 126 valence electrons. The number of nitrogens with zero attached hydrogens (tertiary/aromatic N) is 1. The molecule has 0 saturated carbocycles. The summed E-state index contributed by atoms with van der Waals surface area (Å²) in [5.41, 5.74) is -0.108. The van der Waals surface area contributed by atoms with Crippen molar-refractivity contribution in [1.29, 1.82) is 0 Å². The van der Waals surface area contributed by atoms with Crippen LogP contribution >= 0.6 is 0 Å². The lowest BCUT2D eigenvalue weighted by molar-refractivity contribution is -0.299. The van der Waals surface area contributed by atoms with E-state index in [0.29, 0.717) is 12.0 Å². The molecule has 1 saturated heterocycles. The molecule has 1 heterocycles. The zero-order chi connectivity index (χ0) is 17.4. The molecule has 1 aliphatic heterocycles. The first-order valence-corrected chi connectivity index (χ1v) is 7.56. The Hall–Kier alpha value is -1.72. The number of carboxylic acids is 1. The fourth-order valence-corrected chi connectivity index (χ4v) is 2.70. The maximum atomic E-state index is 11.6. The maximum Gasteiger partial charge on any atom is 0.335 e. The second kappa shape index (κ2) is 6.06. The van der Waals surface area contributed by atoms with E-state index >= 15 is 0 Å². The van der Waals surface area contributed by atoms with Crippen LogP contribution in [0.2, 0.25) is 0 Å². The molecule has 2 aliphatic rings. The van der Waals surface area contributed by atoms with Gasteiger partial charge in [-0.05, 0) is 46.3 Å². The third-order valence-electron chi connectivity index (χ3n) is 3.61. The predicted molar refractivity (Wildman–Crippen MR) is 84.1 cm³/mol. The van der Waals surface area contributed by atoms with Gasteiger partial charge in [-0.15, -0.1) is 5.06 Å². The number of carboxylic acid groups (broad SMARTS) is 1. The van der Waals surface area contributed by atoms with Gasteiger partial charge in [0.05, 0.1) is 5.60 Å². The minimum atomic E-state index is -1.05. The van der Waals surface area contributed by atoms with E-state index in [9.17, 15) is 14.7 Å². The lowest BCUT2D eigenvalue weighted by Gasteiger charge is -2.37. The van der Waals surface area contributed by atoms with Gasteiger partial charge in [-0.3, -0.25) is 4.84 Å². The van der Waals surface area contributed by atoms with E-state index in [0.717, 1.165) is 5.57 Å². The zero-order valence-electron chi connectivity index (χ0n) is 14.1. The summed E-state index contributed by atoms with van der Waals surface area (Å²) in [5.74, 6) is 0.810. The van der Waals surface area contributed by atoms with Crippen molar-refractivity contribution in [3.05, 3.63) is 29.4 Å². The number of aliphatic carboxylic acids is 1. The molecule has 1 fully saturated rings. The average Bonchev–Trinajstić information content (AvgIpc) is 2.69. The Bertz CT molecular complexity index is 605. The molecule has 0 aromatic rings. The van der Waals surface area contributed by atoms with Gasteiger partial charge in [-0.25, -0.2) is 9.59 Å². The molecular weight excluding hydrogens is 298 g/mol. The molecule has 6 heteroatoms. The number of allylic oxidation sites excluding steroid dienone is 3. The Morgan fingerprint density at radius 2 is 2.09 bits per heavy atom. The van der Waals surface area contributed by atoms with Crippen molar-refractivity contribution in [2.75, 3.05) is 0 Å². The normalized spacial score (nSPS) is 27.7. The summed E-state index contributed by atoms with van der Waals surface area (Å²) >= 11 is 0. The molecule has 23 heavy (non-hydrogen) atoms. The SMILES string of the molecule is CC(C)(C)ON1[C@@H](C2=CCC(=C=O)C=C2)[C@H](C(=O)O)OC1(C)C. The van der Waals surface area contributed by atoms with Crippen LogP contribution in [-0.2, 0) is 19.2 Å². The lowest BCUT2D eigenvalue weighted by Crippen LogP contribution is -2.49. The van der Waals surface area contributed by atoms with Crippen molar-refractivity contribution in [1.82, 2.24) is 5.06 Å². The fraction of sp³-hybridized carbons (Fsp3) is 0.588. The summed E-state index contributed by atoms with van der Waals surface area (Å²) in [4.78, 5) is 28.4. The molecule has 1 aliphatic carbocycles. The Morgan fingerprint density at radius 1 is 1.43 bits per heavy atom. The topological polar surface area (TPSA) is 76.1 Å². The fourth-order valence-electron chi connectivity index (χ4n) is 2.70. The Kier molecular flexibility index (Phi) is 4.64. The number of rotatable bonds is 3. The van der Waals surface area contributed by atoms with Crippen molar-refractivity contribution in [3.8, 4) is 0 Å². The highest BCUT2D eigenvalue weighted by atomic mass is 16.8. The van der Waals surface area contributed by atoms with Crippen molar-refractivity contribution in [2.45, 2.75) is 64.5 Å². The third kappa shape index (κ3) is 3.79. The molecular formula is C17H23NO5. The quantitative estimate of drug-likeness (QED) is 0.804. The van der Waals surface area contributed by atoms with Crippen LogP contribution in [0.25, 0.3) is 0 Å². The van der Waals surface area contributed by atoms with Crippen LogP contribution in [0, 0.1) is 0 Å². The maximum absolute atomic E-state index is 11.6. The van der Waals surface area contributed by atoms with Crippen LogP contribution in [0.15, 0.2) is 29.4 Å². The van der Waals surface area contributed by atoms with E-state index in [1.807, 2.05) is 32.8 Å². The van der Waals surface area contributed by atoms with Gasteiger partial charge in [0.2, 0.25) is 0 Å². The zero-order valence-corrected chi connectivity index (χ0v) is 14.1. The highest BCUT2D eigenvalue weighted by molar-refractivity contribution is 5.75. The molecule has 0 aromatic heterocycles. The van der Waals surface area contributed by atoms with Gasteiger partial charge in [-0.1, -0.05) is 12.2 Å². The molecule has 0 unspecified atom stereocenters. The smallest absolute Gasteiger partial charge is 0.335 e. The molecule has 2 atom stereocenters. The average molecular weight is 321 g/mol. The largest absolute Gasteiger partial charge is 0.479 e. The second-order valence-corrected chi connectivity index (χ2v) is 7.17. The minimum absolute atomic E-state index is 0.419. The number of carbonyl (C=O) groups excluding carboxylic acids is 1. The van der Waals surface area contributed by atoms with Crippen molar-refractivity contribution >= 4 is 11.9 Å². The Balaban J connectivity index is 2.41. The molecule has 1 N–H and O–H groups in total. The van der Waals surface area contributed by atoms with Gasteiger partial charge in [0.15, 0.2) is 6.10 Å². The first kappa shape index (κ1) is 17.6. The Morgan fingerprint density at radius 3 is 2.52 bits per heavy atom. The summed E-state index contributed by atoms with van der Waals surface area (Å²) in [7, 11) is 0. The summed E-state index contributed by atoms with van der Waals surface area (Å²) in [5, 5.41) is 11.1. The van der Waals surface area contributed by atoms with Crippen molar-refractivity contribution < 1.29 is 24.3 Å². The van der Waals surface area contributed by atoms with E-state index in [2.05, 4.69) is 0 Å². The van der Waals surface area contributed by atoms with Gasteiger partial charge in [-0.2, -0.15) is 0 Å². The van der Waals surface area contributed by atoms with Gasteiger partial charge < -0.3 is 9.84 Å². The number of hydroxylamine groups is 2. The van der Waals surface area contributed by atoms with E-state index in [4.69, 9.17) is 9.57 Å². The van der Waals surface area contributed by atoms with Crippen LogP contribution in [-0.4, -0.2) is 45.6 Å². The van der Waals surface area contributed by atoms with Crippen LogP contribution in [0.1, 0.15) is 41.0 Å². The van der Waals surface area contributed by atoms with Crippen LogP contribution < -0.4 is 0 Å². The molecule has 0 amide bonds. The van der Waals surface area contributed by atoms with E-state index < -0.39 is 29.4 Å². The number of hydrogen-bond donors (Lipinski definition) is 1. The number of carbonyl (C=O) groups is 1. The summed E-state index contributed by atoms with van der Waals surface area (Å²) in [6.07, 6.45) is 4.58. The van der Waals surface area contributed by atoms with E-state index in [1.165, 1.54) is 0 Å². The van der Waals surface area contributed by atoms with Crippen LogP contribution in [0.5, 0.6) is 0 Å². The highest BCUT2D eigenvalue weighted by Crippen LogP contribution is 2.39. The summed E-state index contributed by atoms with van der Waals surface area (Å²) in [6.45, 7) is 9.24. The Labute approximate surface area is 136 Å². The van der Waals surface area contributed by atoms with Gasteiger partial charge in [0.25, 0.3) is 0 Å². The van der Waals surface area contributed by atoms with Crippen LogP contribution in [0.4, 0.5) is 0 Å². The van der Waals surface area contributed by atoms with E-state index in [1.54, 1.807) is 31.1 Å². The van der Waals surface area contributed by atoms with Gasteiger partial charge in [0.1, 0.15) is 17.7 Å². The van der Waals surface area contributed by atoms with E-state index in [-0.39, 0.29) is 0 Å². The van der Waals surface area contributed by atoms with Crippen molar-refractivity contribution in [2.24, 2.45) is 0 Å². The molecule has 0 bridgehead atoms. The molecule has 0 spiro atoms. The lowest BCUT2D eigenvalue weighted by atomic mass is 9.94. The molecule has 0 radical (unpaired) electrons. The van der Waals surface area contributed by atoms with Gasteiger partial charge in [0, 0.05) is 12.0 Å². The standard InChI is InChI=1S/C17H23NO5/c1-16(2,3)23-18-13(12-8-6-11(10-19)7-9-12)14(15(20)21)22-17(18,4)5/h6,8-9,13-14H,7H2,1-5H3,(H,20,21)/t13-,14+/m0/s1. The minimum Gasteiger partial charge on any atom is -0.479 e. The molecule has 6 nitrogen and oxygen atoms in total. The highest BCUT2D eigenvalue weighted by Gasteiger charge is 2.53.